The van der Waals surface area contributed by atoms with Gasteiger partial charge in [0.1, 0.15) is 5.75 Å². The lowest BCUT2D eigenvalue weighted by atomic mass is 9.69. The van der Waals surface area contributed by atoms with Crippen molar-refractivity contribution in [3.05, 3.63) is 41.0 Å². The first kappa shape index (κ1) is 30.4. The third-order valence-electron chi connectivity index (χ3n) is 9.02. The van der Waals surface area contributed by atoms with Crippen LogP contribution < -0.4 is 4.74 Å². The first-order valence-electron chi connectivity index (χ1n) is 15.4. The van der Waals surface area contributed by atoms with Crippen LogP contribution in [0.1, 0.15) is 120 Å². The van der Waals surface area contributed by atoms with Gasteiger partial charge in [0, 0.05) is 5.57 Å². The van der Waals surface area contributed by atoms with Crippen LogP contribution in [0.2, 0.25) is 0 Å². The topological polar surface area (TPSA) is 52.6 Å². The minimum absolute atomic E-state index is 0.0265. The fraction of sp³-hybridized carbons (Fsp3) is 0.706. The second kappa shape index (κ2) is 15.5. The highest BCUT2D eigenvalue weighted by atomic mass is 16.5. The van der Waals surface area contributed by atoms with Gasteiger partial charge in [-0.2, -0.15) is 0 Å². The molecule has 1 aromatic carbocycles. The van der Waals surface area contributed by atoms with Gasteiger partial charge in [0.15, 0.2) is 0 Å². The van der Waals surface area contributed by atoms with E-state index in [0.717, 1.165) is 79.6 Å². The molecule has 0 bridgehead atoms. The quantitative estimate of drug-likeness (QED) is 0.112. The Labute approximate surface area is 231 Å². The van der Waals surface area contributed by atoms with Crippen molar-refractivity contribution in [3.63, 3.8) is 0 Å². The van der Waals surface area contributed by atoms with E-state index in [4.69, 9.17) is 9.47 Å². The maximum Gasteiger partial charge on any atom is 0.333 e. The van der Waals surface area contributed by atoms with Crippen LogP contribution in [0.4, 0.5) is 0 Å². The summed E-state index contributed by atoms with van der Waals surface area (Å²) < 4.78 is 11.2. The third-order valence-corrected chi connectivity index (χ3v) is 9.02. The zero-order chi connectivity index (χ0) is 27.5. The average molecular weight is 525 g/mol. The summed E-state index contributed by atoms with van der Waals surface area (Å²) in [4.78, 5) is 24.5. The fourth-order valence-electron chi connectivity index (χ4n) is 6.78. The van der Waals surface area contributed by atoms with Crippen molar-refractivity contribution < 1.29 is 19.1 Å². The molecule has 0 unspecified atom stereocenters. The SMILES string of the molecule is C=C(C)C(=O)OCCCCCCc1cc(C)c(OC(=O)C2CCC(C3CCC(CCC)CC3)CC2)c(C)c1. The molecule has 0 saturated heterocycles. The minimum Gasteiger partial charge on any atom is -0.462 e. The zero-order valence-corrected chi connectivity index (χ0v) is 24.6. The Morgan fingerprint density at radius 1 is 0.868 bits per heavy atom. The first-order chi connectivity index (χ1) is 18.3. The van der Waals surface area contributed by atoms with Crippen molar-refractivity contribution in [2.24, 2.45) is 23.7 Å². The first-order valence-corrected chi connectivity index (χ1v) is 15.4. The molecule has 212 valence electrons. The van der Waals surface area contributed by atoms with E-state index in [1.54, 1.807) is 6.92 Å². The number of carbonyl (C=O) groups excluding carboxylic acids is 2. The van der Waals surface area contributed by atoms with Crippen molar-refractivity contribution in [2.75, 3.05) is 6.61 Å². The van der Waals surface area contributed by atoms with Gasteiger partial charge in [-0.05, 0) is 113 Å². The van der Waals surface area contributed by atoms with Gasteiger partial charge in [0.05, 0.1) is 12.5 Å². The summed E-state index contributed by atoms with van der Waals surface area (Å²) >= 11 is 0. The van der Waals surface area contributed by atoms with Gasteiger partial charge in [-0.3, -0.25) is 4.79 Å². The van der Waals surface area contributed by atoms with Crippen LogP contribution in [0, 0.1) is 37.5 Å². The molecule has 0 N–H and O–H groups in total. The standard InChI is InChI=1S/C34H52O4/c1-6-11-27-13-15-29(16-14-27)30-17-19-31(20-18-30)34(36)38-32-25(4)22-28(23-26(32)5)12-9-7-8-10-21-37-33(35)24(2)3/h22-23,27,29-31H,2,6-21H2,1,3-5H3. The molecule has 38 heavy (non-hydrogen) atoms. The van der Waals surface area contributed by atoms with Gasteiger partial charge in [0.25, 0.3) is 0 Å². The minimum atomic E-state index is -0.302. The van der Waals surface area contributed by atoms with E-state index in [1.165, 1.54) is 56.9 Å². The number of esters is 2. The Morgan fingerprint density at radius 2 is 1.45 bits per heavy atom. The van der Waals surface area contributed by atoms with Crippen molar-refractivity contribution in [1.29, 1.82) is 0 Å². The summed E-state index contributed by atoms with van der Waals surface area (Å²) in [6.45, 7) is 12.2. The second-order valence-electron chi connectivity index (χ2n) is 12.2. The molecule has 2 fully saturated rings. The van der Waals surface area contributed by atoms with E-state index in [-0.39, 0.29) is 17.9 Å². The Balaban J connectivity index is 1.38. The van der Waals surface area contributed by atoms with E-state index in [0.29, 0.717) is 12.2 Å². The van der Waals surface area contributed by atoms with E-state index in [9.17, 15) is 9.59 Å². The second-order valence-corrected chi connectivity index (χ2v) is 12.2. The number of hydrogen-bond donors (Lipinski definition) is 0. The van der Waals surface area contributed by atoms with Crippen LogP contribution in [0.3, 0.4) is 0 Å². The largest absolute Gasteiger partial charge is 0.462 e. The molecule has 2 saturated carbocycles. The molecular weight excluding hydrogens is 472 g/mol. The van der Waals surface area contributed by atoms with E-state index >= 15 is 0 Å². The average Bonchev–Trinajstić information content (AvgIpc) is 2.90. The number of hydrogen-bond acceptors (Lipinski definition) is 4. The highest BCUT2D eigenvalue weighted by Crippen LogP contribution is 2.42. The maximum atomic E-state index is 13.1. The number of carbonyl (C=O) groups is 2. The van der Waals surface area contributed by atoms with E-state index < -0.39 is 0 Å². The normalized spacial score (nSPS) is 23.6. The number of unbranched alkanes of at least 4 members (excludes halogenated alkanes) is 3. The van der Waals surface area contributed by atoms with Gasteiger partial charge < -0.3 is 9.47 Å². The predicted molar refractivity (Wildman–Crippen MR) is 155 cm³/mol. The monoisotopic (exact) mass is 524 g/mol. The highest BCUT2D eigenvalue weighted by Gasteiger charge is 2.33. The van der Waals surface area contributed by atoms with Gasteiger partial charge in [0.2, 0.25) is 0 Å². The Bertz CT molecular complexity index is 893. The van der Waals surface area contributed by atoms with Gasteiger partial charge in [-0.1, -0.05) is 64.2 Å². The molecule has 3 rings (SSSR count). The van der Waals surface area contributed by atoms with E-state index in [2.05, 4.69) is 39.5 Å². The Kier molecular flexibility index (Phi) is 12.4. The number of aryl methyl sites for hydroxylation is 3. The van der Waals surface area contributed by atoms with Crippen molar-refractivity contribution >= 4 is 11.9 Å². The smallest absolute Gasteiger partial charge is 0.333 e. The van der Waals surface area contributed by atoms with E-state index in [1.807, 2.05) is 0 Å². The summed E-state index contributed by atoms with van der Waals surface area (Å²) in [6, 6.07) is 4.35. The molecule has 4 heteroatoms. The highest BCUT2D eigenvalue weighted by molar-refractivity contribution is 5.86. The molecule has 0 amide bonds. The summed E-state index contributed by atoms with van der Waals surface area (Å²) in [5.41, 5.74) is 3.85. The van der Waals surface area contributed by atoms with Crippen LogP contribution in [-0.2, 0) is 20.7 Å². The van der Waals surface area contributed by atoms with Crippen LogP contribution >= 0.6 is 0 Å². The molecule has 0 aromatic heterocycles. The maximum absolute atomic E-state index is 13.1. The molecule has 0 aliphatic heterocycles. The lowest BCUT2D eigenvalue weighted by molar-refractivity contribution is -0.141. The van der Waals surface area contributed by atoms with Crippen LogP contribution in [-0.4, -0.2) is 18.5 Å². The van der Waals surface area contributed by atoms with Crippen molar-refractivity contribution in [2.45, 2.75) is 124 Å². The molecular formula is C34H52O4. The summed E-state index contributed by atoms with van der Waals surface area (Å²) in [5.74, 6) is 3.15. The number of benzene rings is 1. The Morgan fingerprint density at radius 3 is 2.03 bits per heavy atom. The predicted octanol–water partition coefficient (Wildman–Crippen LogP) is 8.84. The fourth-order valence-corrected chi connectivity index (χ4v) is 6.78. The molecule has 1 aromatic rings. The van der Waals surface area contributed by atoms with Crippen LogP contribution in [0.25, 0.3) is 0 Å². The number of rotatable bonds is 13. The summed E-state index contributed by atoms with van der Waals surface area (Å²) in [7, 11) is 0. The van der Waals surface area contributed by atoms with Crippen LogP contribution in [0.5, 0.6) is 5.75 Å². The van der Waals surface area contributed by atoms with Crippen LogP contribution in [0.15, 0.2) is 24.3 Å². The third kappa shape index (κ3) is 9.27. The van der Waals surface area contributed by atoms with Gasteiger partial charge in [-0.25, -0.2) is 4.79 Å². The molecule has 0 spiro atoms. The molecule has 0 radical (unpaired) electrons. The lowest BCUT2D eigenvalue weighted by Gasteiger charge is -2.37. The van der Waals surface area contributed by atoms with Gasteiger partial charge >= 0.3 is 11.9 Å². The summed E-state index contributed by atoms with van der Waals surface area (Å²) in [5, 5.41) is 0. The molecule has 4 nitrogen and oxygen atoms in total. The summed E-state index contributed by atoms with van der Waals surface area (Å²) in [6.07, 6.45) is 17.8. The number of ether oxygens (including phenoxy) is 2. The molecule has 0 atom stereocenters. The molecule has 2 aliphatic rings. The van der Waals surface area contributed by atoms with Gasteiger partial charge in [-0.15, -0.1) is 0 Å². The zero-order valence-electron chi connectivity index (χ0n) is 24.6. The lowest BCUT2D eigenvalue weighted by Crippen LogP contribution is -2.30. The Hall–Kier alpha value is -2.10. The van der Waals surface area contributed by atoms with Crippen molar-refractivity contribution in [3.8, 4) is 5.75 Å². The molecule has 0 heterocycles. The molecule has 2 aliphatic carbocycles. The van der Waals surface area contributed by atoms with Crippen molar-refractivity contribution in [1.82, 2.24) is 0 Å².